The van der Waals surface area contributed by atoms with Crippen molar-refractivity contribution in [1.29, 1.82) is 0 Å². The van der Waals surface area contributed by atoms with Gasteiger partial charge in [-0.25, -0.2) is 9.59 Å². The Morgan fingerprint density at radius 1 is 1.12 bits per heavy atom. The second-order valence-corrected chi connectivity index (χ2v) is 14.6. The Labute approximate surface area is 188 Å². The number of aliphatic carboxylic acids is 1. The number of amides is 1. The Balaban J connectivity index is 1.61. The molecule has 1 amide bonds. The molecule has 2 aromatic carbocycles. The first-order valence-electron chi connectivity index (χ1n) is 10.6. The maximum atomic E-state index is 12.1. The molecule has 1 atom stereocenters. The molecule has 32 heavy (non-hydrogen) atoms. The summed E-state index contributed by atoms with van der Waals surface area (Å²) in [6.45, 7) is 7.31. The number of fused-ring (bicyclic) bond motifs is 1. The van der Waals surface area contributed by atoms with Crippen LogP contribution in [0.3, 0.4) is 0 Å². The number of aromatic amines is 1. The predicted molar refractivity (Wildman–Crippen MR) is 127 cm³/mol. The van der Waals surface area contributed by atoms with Crippen LogP contribution < -0.4 is 10.1 Å². The summed E-state index contributed by atoms with van der Waals surface area (Å²) in [4.78, 5) is 26.9. The van der Waals surface area contributed by atoms with Crippen LogP contribution in [0.25, 0.3) is 10.9 Å². The van der Waals surface area contributed by atoms with E-state index < -0.39 is 26.2 Å². The summed E-state index contributed by atoms with van der Waals surface area (Å²) in [5.74, 6) is -0.391. The van der Waals surface area contributed by atoms with Gasteiger partial charge in [-0.05, 0) is 29.3 Å². The standard InChI is InChI=1S/C24H30N2O5Si/c1-32(2,3)12-11-30-24(29)26-22(23(27)28)13-18-15-25-21-14-19(9-10-20(18)21)31-16-17-7-5-4-6-8-17/h4-10,14-15,22,25H,11-13,16H2,1-3H3,(H,26,29)(H,27,28). The normalized spacial score (nSPS) is 12.3. The fourth-order valence-electron chi connectivity index (χ4n) is 3.22. The van der Waals surface area contributed by atoms with E-state index in [0.717, 1.165) is 28.1 Å². The monoisotopic (exact) mass is 454 g/mol. The summed E-state index contributed by atoms with van der Waals surface area (Å²) < 4.78 is 11.0. The quantitative estimate of drug-likeness (QED) is 0.382. The molecule has 3 aromatic rings. The molecule has 7 nitrogen and oxygen atoms in total. The number of carboxylic acid groups (broad SMARTS) is 1. The molecule has 3 rings (SSSR count). The predicted octanol–water partition coefficient (Wildman–Crippen LogP) is 4.81. The summed E-state index contributed by atoms with van der Waals surface area (Å²) in [7, 11) is -1.33. The van der Waals surface area contributed by atoms with E-state index in [4.69, 9.17) is 9.47 Å². The van der Waals surface area contributed by atoms with E-state index >= 15 is 0 Å². The summed E-state index contributed by atoms with van der Waals surface area (Å²) in [5.41, 5.74) is 2.71. The van der Waals surface area contributed by atoms with Gasteiger partial charge in [-0.2, -0.15) is 0 Å². The Bertz CT molecular complexity index is 1060. The first kappa shape index (κ1) is 23.4. The van der Waals surface area contributed by atoms with E-state index in [2.05, 4.69) is 29.9 Å². The third kappa shape index (κ3) is 6.88. The van der Waals surface area contributed by atoms with E-state index in [-0.39, 0.29) is 6.42 Å². The lowest BCUT2D eigenvalue weighted by molar-refractivity contribution is -0.139. The van der Waals surface area contributed by atoms with Gasteiger partial charge in [-0.3, -0.25) is 0 Å². The average Bonchev–Trinajstić information content (AvgIpc) is 3.13. The number of alkyl carbamates (subject to hydrolysis) is 1. The van der Waals surface area contributed by atoms with Gasteiger partial charge in [0.05, 0.1) is 6.61 Å². The van der Waals surface area contributed by atoms with E-state index in [1.165, 1.54) is 0 Å². The molecular formula is C24H30N2O5Si. The largest absolute Gasteiger partial charge is 0.489 e. The van der Waals surface area contributed by atoms with Crippen molar-refractivity contribution in [1.82, 2.24) is 10.3 Å². The van der Waals surface area contributed by atoms with E-state index in [9.17, 15) is 14.7 Å². The molecule has 0 fully saturated rings. The summed E-state index contributed by atoms with van der Waals surface area (Å²) in [6.07, 6.45) is 1.20. The van der Waals surface area contributed by atoms with Crippen molar-refractivity contribution in [2.75, 3.05) is 6.61 Å². The number of H-pyrrole nitrogens is 1. The number of benzene rings is 2. The van der Waals surface area contributed by atoms with Crippen LogP contribution in [0.2, 0.25) is 25.7 Å². The Morgan fingerprint density at radius 2 is 1.88 bits per heavy atom. The molecule has 0 saturated heterocycles. The summed E-state index contributed by atoms with van der Waals surface area (Å²) in [6, 6.07) is 15.3. The maximum Gasteiger partial charge on any atom is 0.407 e. The lowest BCUT2D eigenvalue weighted by atomic mass is 10.1. The van der Waals surface area contributed by atoms with Crippen LogP contribution in [0.1, 0.15) is 11.1 Å². The molecule has 8 heteroatoms. The number of hydrogen-bond acceptors (Lipinski definition) is 4. The average molecular weight is 455 g/mol. The number of ether oxygens (including phenoxy) is 2. The highest BCUT2D eigenvalue weighted by Gasteiger charge is 2.23. The Hall–Kier alpha value is -3.26. The minimum Gasteiger partial charge on any atom is -0.489 e. The number of aromatic nitrogens is 1. The van der Waals surface area contributed by atoms with Gasteiger partial charge in [0.25, 0.3) is 0 Å². The van der Waals surface area contributed by atoms with Crippen molar-refractivity contribution < 1.29 is 24.2 Å². The molecule has 1 unspecified atom stereocenters. The zero-order chi connectivity index (χ0) is 23.1. The van der Waals surface area contributed by atoms with Crippen molar-refractivity contribution in [3.8, 4) is 5.75 Å². The molecular weight excluding hydrogens is 424 g/mol. The molecule has 1 heterocycles. The maximum absolute atomic E-state index is 12.1. The highest BCUT2D eigenvalue weighted by atomic mass is 28.3. The van der Waals surface area contributed by atoms with Crippen LogP contribution in [0.5, 0.6) is 5.75 Å². The molecule has 0 bridgehead atoms. The smallest absolute Gasteiger partial charge is 0.407 e. The highest BCUT2D eigenvalue weighted by Crippen LogP contribution is 2.25. The number of carbonyl (C=O) groups excluding carboxylic acids is 1. The number of hydrogen-bond donors (Lipinski definition) is 3. The SMILES string of the molecule is C[Si](C)(C)CCOC(=O)NC(Cc1c[nH]c2cc(OCc3ccccc3)ccc12)C(=O)O. The van der Waals surface area contributed by atoms with Gasteiger partial charge < -0.3 is 24.9 Å². The van der Waals surface area contributed by atoms with Crippen LogP contribution in [-0.4, -0.2) is 42.9 Å². The van der Waals surface area contributed by atoms with E-state index in [0.29, 0.717) is 19.0 Å². The summed E-state index contributed by atoms with van der Waals surface area (Å²) >= 11 is 0. The van der Waals surface area contributed by atoms with Crippen molar-refractivity contribution in [2.24, 2.45) is 0 Å². The minimum atomic E-state index is -1.33. The molecule has 0 radical (unpaired) electrons. The van der Waals surface area contributed by atoms with Crippen LogP contribution in [0.15, 0.2) is 54.7 Å². The van der Waals surface area contributed by atoms with Crippen LogP contribution in [0.4, 0.5) is 4.79 Å². The lowest BCUT2D eigenvalue weighted by Crippen LogP contribution is -2.42. The van der Waals surface area contributed by atoms with E-state index in [1.54, 1.807) is 6.20 Å². The third-order valence-corrected chi connectivity index (χ3v) is 6.79. The van der Waals surface area contributed by atoms with Gasteiger partial charge in [0.1, 0.15) is 18.4 Å². The molecule has 3 N–H and O–H groups in total. The second-order valence-electron chi connectivity index (χ2n) is 8.98. The van der Waals surface area contributed by atoms with Crippen molar-refractivity contribution in [2.45, 2.75) is 44.8 Å². The highest BCUT2D eigenvalue weighted by molar-refractivity contribution is 6.76. The first-order chi connectivity index (χ1) is 15.2. The topological polar surface area (TPSA) is 101 Å². The van der Waals surface area contributed by atoms with Crippen LogP contribution in [0, 0.1) is 0 Å². The van der Waals surface area contributed by atoms with Crippen LogP contribution in [-0.2, 0) is 22.6 Å². The minimum absolute atomic E-state index is 0.142. The van der Waals surface area contributed by atoms with Gasteiger partial charge in [0.2, 0.25) is 0 Å². The molecule has 0 spiro atoms. The second kappa shape index (κ2) is 10.4. The fourth-order valence-corrected chi connectivity index (χ4v) is 3.93. The number of carboxylic acids is 1. The zero-order valence-electron chi connectivity index (χ0n) is 18.7. The lowest BCUT2D eigenvalue weighted by Gasteiger charge is -2.17. The van der Waals surface area contributed by atoms with Crippen molar-refractivity contribution in [3.63, 3.8) is 0 Å². The number of nitrogens with one attached hydrogen (secondary N) is 2. The van der Waals surface area contributed by atoms with Gasteiger partial charge in [-0.1, -0.05) is 50.0 Å². The molecule has 0 aliphatic rings. The Morgan fingerprint density at radius 3 is 2.56 bits per heavy atom. The van der Waals surface area contributed by atoms with Gasteiger partial charge >= 0.3 is 12.1 Å². The molecule has 1 aromatic heterocycles. The third-order valence-electron chi connectivity index (χ3n) is 5.09. The number of rotatable bonds is 10. The van der Waals surface area contributed by atoms with E-state index in [1.807, 2.05) is 48.5 Å². The summed E-state index contributed by atoms with van der Waals surface area (Å²) in [5, 5.41) is 12.9. The number of carbonyl (C=O) groups is 2. The zero-order valence-corrected chi connectivity index (χ0v) is 19.7. The molecule has 0 saturated carbocycles. The first-order valence-corrected chi connectivity index (χ1v) is 14.3. The van der Waals surface area contributed by atoms with Crippen molar-refractivity contribution >= 4 is 31.0 Å². The molecule has 0 aliphatic heterocycles. The molecule has 170 valence electrons. The molecule has 0 aliphatic carbocycles. The van der Waals surface area contributed by atoms with Gasteiger partial charge in [0, 0.05) is 37.7 Å². The Kier molecular flexibility index (Phi) is 7.58. The van der Waals surface area contributed by atoms with Crippen LogP contribution >= 0.6 is 0 Å². The fraction of sp³-hybridized carbons (Fsp3) is 0.333. The van der Waals surface area contributed by atoms with Crippen molar-refractivity contribution in [3.05, 3.63) is 65.9 Å². The van der Waals surface area contributed by atoms with Gasteiger partial charge in [-0.15, -0.1) is 0 Å². The van der Waals surface area contributed by atoms with Gasteiger partial charge in [0.15, 0.2) is 0 Å².